The van der Waals surface area contributed by atoms with Crippen molar-refractivity contribution in [3.63, 3.8) is 0 Å². The number of anilines is 1. The fourth-order valence-electron chi connectivity index (χ4n) is 1.56. The van der Waals surface area contributed by atoms with Crippen molar-refractivity contribution in [1.82, 2.24) is 4.98 Å². The minimum Gasteiger partial charge on any atom is -0.399 e. The lowest BCUT2D eigenvalue weighted by molar-refractivity contribution is 0.0993. The fourth-order valence-corrected chi connectivity index (χ4v) is 2.07. The molecule has 0 atom stereocenters. The third-order valence-electron chi connectivity index (χ3n) is 2.33. The molecule has 0 amide bonds. The van der Waals surface area contributed by atoms with Gasteiger partial charge < -0.3 is 5.73 Å². The lowest BCUT2D eigenvalue weighted by Crippen LogP contribution is -2.04. The summed E-state index contributed by atoms with van der Waals surface area (Å²) < 4.78 is 0.812. The first-order valence-electron chi connectivity index (χ1n) is 5.13. The Labute approximate surface area is 108 Å². The largest absolute Gasteiger partial charge is 0.399 e. The standard InChI is InChI=1S/C13H11BrN2O/c14-11-5-10(6-12(15)7-11)13(17)4-9-2-1-3-16-8-9/h1-3,5-8H,4,15H2. The van der Waals surface area contributed by atoms with E-state index in [0.717, 1.165) is 10.0 Å². The van der Waals surface area contributed by atoms with Gasteiger partial charge in [0.2, 0.25) is 0 Å². The van der Waals surface area contributed by atoms with Gasteiger partial charge in [-0.1, -0.05) is 22.0 Å². The summed E-state index contributed by atoms with van der Waals surface area (Å²) in [4.78, 5) is 16.0. The fraction of sp³-hybridized carbons (Fsp3) is 0.0769. The zero-order chi connectivity index (χ0) is 12.3. The van der Waals surface area contributed by atoms with Crippen LogP contribution in [-0.4, -0.2) is 10.8 Å². The molecule has 86 valence electrons. The van der Waals surface area contributed by atoms with E-state index in [9.17, 15) is 4.79 Å². The van der Waals surface area contributed by atoms with Crippen LogP contribution in [0.2, 0.25) is 0 Å². The van der Waals surface area contributed by atoms with Crippen molar-refractivity contribution in [2.24, 2.45) is 0 Å². The second kappa shape index (κ2) is 5.10. The highest BCUT2D eigenvalue weighted by Crippen LogP contribution is 2.18. The van der Waals surface area contributed by atoms with Gasteiger partial charge in [-0.3, -0.25) is 9.78 Å². The molecule has 2 N–H and O–H groups in total. The molecule has 0 unspecified atom stereocenters. The van der Waals surface area contributed by atoms with Gasteiger partial charge in [-0.2, -0.15) is 0 Å². The topological polar surface area (TPSA) is 56.0 Å². The Morgan fingerprint density at radius 2 is 2.18 bits per heavy atom. The number of carbonyl (C=O) groups excluding carboxylic acids is 1. The zero-order valence-electron chi connectivity index (χ0n) is 9.06. The number of Topliss-reactive ketones (excluding diaryl/α,β-unsaturated/α-hetero) is 1. The van der Waals surface area contributed by atoms with Crippen molar-refractivity contribution >= 4 is 27.4 Å². The van der Waals surface area contributed by atoms with Crippen LogP contribution in [0.3, 0.4) is 0 Å². The number of nitrogen functional groups attached to an aromatic ring is 1. The number of nitrogens with two attached hydrogens (primary N) is 1. The van der Waals surface area contributed by atoms with Crippen molar-refractivity contribution in [3.8, 4) is 0 Å². The molecule has 1 aromatic carbocycles. The molecule has 0 radical (unpaired) electrons. The Balaban J connectivity index is 2.20. The highest BCUT2D eigenvalue weighted by Gasteiger charge is 2.08. The molecule has 0 saturated carbocycles. The van der Waals surface area contributed by atoms with Gasteiger partial charge in [-0.15, -0.1) is 0 Å². The average Bonchev–Trinajstić information content (AvgIpc) is 2.29. The number of hydrogen-bond donors (Lipinski definition) is 1. The minimum absolute atomic E-state index is 0.0333. The summed E-state index contributed by atoms with van der Waals surface area (Å²) in [6.45, 7) is 0. The van der Waals surface area contributed by atoms with E-state index in [1.807, 2.05) is 12.1 Å². The Bertz CT molecular complexity index is 520. The van der Waals surface area contributed by atoms with Gasteiger partial charge in [-0.25, -0.2) is 0 Å². The molecule has 0 aliphatic carbocycles. The molecule has 2 aromatic rings. The Kier molecular flexibility index (Phi) is 3.54. The number of nitrogens with zero attached hydrogens (tertiary/aromatic N) is 1. The van der Waals surface area contributed by atoms with E-state index in [-0.39, 0.29) is 5.78 Å². The van der Waals surface area contributed by atoms with Gasteiger partial charge in [0.1, 0.15) is 0 Å². The van der Waals surface area contributed by atoms with Crippen LogP contribution in [-0.2, 0) is 6.42 Å². The number of hydrogen-bond acceptors (Lipinski definition) is 3. The number of rotatable bonds is 3. The zero-order valence-corrected chi connectivity index (χ0v) is 10.6. The van der Waals surface area contributed by atoms with E-state index in [0.29, 0.717) is 17.7 Å². The third kappa shape index (κ3) is 3.14. The van der Waals surface area contributed by atoms with Crippen molar-refractivity contribution in [2.75, 3.05) is 5.73 Å². The van der Waals surface area contributed by atoms with Gasteiger partial charge >= 0.3 is 0 Å². The maximum Gasteiger partial charge on any atom is 0.167 e. The van der Waals surface area contributed by atoms with Crippen LogP contribution in [0, 0.1) is 0 Å². The monoisotopic (exact) mass is 290 g/mol. The molecule has 0 fully saturated rings. The molecular weight excluding hydrogens is 280 g/mol. The van der Waals surface area contributed by atoms with Crippen molar-refractivity contribution in [2.45, 2.75) is 6.42 Å². The highest BCUT2D eigenvalue weighted by molar-refractivity contribution is 9.10. The number of benzene rings is 1. The second-order valence-corrected chi connectivity index (χ2v) is 4.65. The smallest absolute Gasteiger partial charge is 0.167 e. The summed E-state index contributed by atoms with van der Waals surface area (Å²) >= 11 is 3.32. The summed E-state index contributed by atoms with van der Waals surface area (Å²) in [5.74, 6) is 0.0333. The molecule has 0 spiro atoms. The van der Waals surface area contributed by atoms with Crippen LogP contribution >= 0.6 is 15.9 Å². The number of ketones is 1. The molecule has 2 rings (SSSR count). The molecule has 3 nitrogen and oxygen atoms in total. The minimum atomic E-state index is 0.0333. The molecular formula is C13H11BrN2O. The molecule has 0 aliphatic heterocycles. The molecule has 0 bridgehead atoms. The summed E-state index contributed by atoms with van der Waals surface area (Å²) in [7, 11) is 0. The Hall–Kier alpha value is -1.68. The lowest BCUT2D eigenvalue weighted by atomic mass is 10.0. The van der Waals surface area contributed by atoms with Crippen molar-refractivity contribution in [3.05, 3.63) is 58.3 Å². The number of carbonyl (C=O) groups is 1. The van der Waals surface area contributed by atoms with Crippen LogP contribution in [0.15, 0.2) is 47.2 Å². The average molecular weight is 291 g/mol. The second-order valence-electron chi connectivity index (χ2n) is 3.73. The van der Waals surface area contributed by atoms with Gasteiger partial charge in [0, 0.05) is 34.5 Å². The third-order valence-corrected chi connectivity index (χ3v) is 2.79. The molecule has 17 heavy (non-hydrogen) atoms. The predicted octanol–water partition coefficient (Wildman–Crippen LogP) is 2.85. The molecule has 0 aliphatic rings. The summed E-state index contributed by atoms with van der Waals surface area (Å²) in [5, 5.41) is 0. The summed E-state index contributed by atoms with van der Waals surface area (Å²) in [6.07, 6.45) is 3.72. The van der Waals surface area contributed by atoms with Crippen LogP contribution in [0.5, 0.6) is 0 Å². The number of halogens is 1. The quantitative estimate of drug-likeness (QED) is 0.699. The van der Waals surface area contributed by atoms with E-state index in [1.165, 1.54) is 0 Å². The predicted molar refractivity (Wildman–Crippen MR) is 70.8 cm³/mol. The lowest BCUT2D eigenvalue weighted by Gasteiger charge is -2.03. The van der Waals surface area contributed by atoms with Gasteiger partial charge in [0.15, 0.2) is 5.78 Å². The maximum atomic E-state index is 12.0. The Morgan fingerprint density at radius 1 is 1.35 bits per heavy atom. The van der Waals surface area contributed by atoms with Crippen molar-refractivity contribution < 1.29 is 4.79 Å². The van der Waals surface area contributed by atoms with Crippen LogP contribution in [0.25, 0.3) is 0 Å². The van der Waals surface area contributed by atoms with Crippen LogP contribution in [0.1, 0.15) is 15.9 Å². The van der Waals surface area contributed by atoms with E-state index in [2.05, 4.69) is 20.9 Å². The van der Waals surface area contributed by atoms with Crippen LogP contribution < -0.4 is 5.73 Å². The van der Waals surface area contributed by atoms with Gasteiger partial charge in [0.05, 0.1) is 0 Å². The Morgan fingerprint density at radius 3 is 2.82 bits per heavy atom. The molecule has 4 heteroatoms. The van der Waals surface area contributed by atoms with Gasteiger partial charge in [0.25, 0.3) is 0 Å². The van der Waals surface area contributed by atoms with E-state index in [1.54, 1.807) is 30.6 Å². The molecule has 1 aromatic heterocycles. The SMILES string of the molecule is Nc1cc(Br)cc(C(=O)Cc2cccnc2)c1. The number of pyridine rings is 1. The van der Waals surface area contributed by atoms with Gasteiger partial charge in [-0.05, 0) is 29.8 Å². The normalized spacial score (nSPS) is 10.2. The highest BCUT2D eigenvalue weighted by atomic mass is 79.9. The maximum absolute atomic E-state index is 12.0. The molecule has 1 heterocycles. The van der Waals surface area contributed by atoms with E-state index < -0.39 is 0 Å². The van der Waals surface area contributed by atoms with Crippen molar-refractivity contribution in [1.29, 1.82) is 0 Å². The first kappa shape index (κ1) is 11.8. The number of aromatic nitrogens is 1. The summed E-state index contributed by atoms with van der Waals surface area (Å²) in [6, 6.07) is 8.92. The first-order chi connectivity index (χ1) is 8.15. The van der Waals surface area contributed by atoms with Crippen LogP contribution in [0.4, 0.5) is 5.69 Å². The first-order valence-corrected chi connectivity index (χ1v) is 5.92. The van der Waals surface area contributed by atoms with E-state index in [4.69, 9.17) is 5.73 Å². The molecule has 0 saturated heterocycles. The summed E-state index contributed by atoms with van der Waals surface area (Å²) in [5.41, 5.74) is 7.78. The van der Waals surface area contributed by atoms with E-state index >= 15 is 0 Å².